The molecule has 0 amide bonds. The lowest BCUT2D eigenvalue weighted by atomic mass is 9.97. The average Bonchev–Trinajstić information content (AvgIpc) is 3.20. The highest BCUT2D eigenvalue weighted by Gasteiger charge is 2.30. The van der Waals surface area contributed by atoms with Crippen LogP contribution in [0.4, 0.5) is 5.69 Å². The van der Waals surface area contributed by atoms with Gasteiger partial charge in [-0.2, -0.15) is 5.10 Å². The molecule has 0 N–H and O–H groups in total. The smallest absolute Gasteiger partial charge is 0.161 e. The molecule has 4 heteroatoms. The monoisotopic (exact) mass is 372 g/mol. The number of ether oxygens (including phenoxy) is 2. The van der Waals surface area contributed by atoms with Gasteiger partial charge in [-0.05, 0) is 42.3 Å². The first-order valence-corrected chi connectivity index (χ1v) is 9.40. The second-order valence-electron chi connectivity index (χ2n) is 6.93. The molecule has 3 aromatic carbocycles. The van der Waals surface area contributed by atoms with E-state index < -0.39 is 0 Å². The third kappa shape index (κ3) is 3.46. The van der Waals surface area contributed by atoms with Crippen LogP contribution in [-0.4, -0.2) is 19.9 Å². The van der Waals surface area contributed by atoms with Crippen molar-refractivity contribution in [3.05, 3.63) is 89.5 Å². The van der Waals surface area contributed by atoms with Crippen molar-refractivity contribution in [2.75, 3.05) is 19.2 Å². The van der Waals surface area contributed by atoms with Crippen molar-refractivity contribution in [2.45, 2.75) is 19.4 Å². The summed E-state index contributed by atoms with van der Waals surface area (Å²) in [5.74, 6) is 1.46. The third-order valence-corrected chi connectivity index (χ3v) is 5.11. The summed E-state index contributed by atoms with van der Waals surface area (Å²) >= 11 is 0. The van der Waals surface area contributed by atoms with E-state index in [9.17, 15) is 0 Å². The molecular formula is C24H24N2O2. The molecule has 1 aliphatic rings. The molecule has 0 aromatic heterocycles. The number of benzene rings is 3. The Hall–Kier alpha value is -3.27. The Balaban J connectivity index is 1.74. The number of hydrogen-bond acceptors (Lipinski definition) is 4. The van der Waals surface area contributed by atoms with Crippen molar-refractivity contribution < 1.29 is 9.47 Å². The van der Waals surface area contributed by atoms with Gasteiger partial charge in [0.25, 0.3) is 0 Å². The standard InChI is InChI=1S/C24H24N2O2/c1-17-9-11-18(12-10-17)21-16-22(26(25-21)20-7-5-4-6-8-20)19-13-14-23(27-2)24(15-19)28-3/h4-15,22H,16H2,1-3H3/t22-/m1/s1. The number of hydrogen-bond donors (Lipinski definition) is 0. The first-order valence-electron chi connectivity index (χ1n) is 9.40. The van der Waals surface area contributed by atoms with Gasteiger partial charge in [0, 0.05) is 6.42 Å². The van der Waals surface area contributed by atoms with Gasteiger partial charge >= 0.3 is 0 Å². The van der Waals surface area contributed by atoms with Crippen molar-refractivity contribution in [3.8, 4) is 11.5 Å². The van der Waals surface area contributed by atoms with Gasteiger partial charge in [-0.1, -0.05) is 54.1 Å². The Morgan fingerprint density at radius 3 is 2.25 bits per heavy atom. The van der Waals surface area contributed by atoms with Crippen molar-refractivity contribution in [3.63, 3.8) is 0 Å². The maximum Gasteiger partial charge on any atom is 0.161 e. The van der Waals surface area contributed by atoms with Gasteiger partial charge in [0.05, 0.1) is 31.7 Å². The van der Waals surface area contributed by atoms with Crippen LogP contribution in [-0.2, 0) is 0 Å². The molecule has 142 valence electrons. The SMILES string of the molecule is COc1ccc([C@H]2CC(c3ccc(C)cc3)=NN2c2ccccc2)cc1OC. The Morgan fingerprint density at radius 2 is 1.57 bits per heavy atom. The molecular weight excluding hydrogens is 348 g/mol. The van der Waals surface area contributed by atoms with E-state index in [0.717, 1.165) is 40.4 Å². The number of methoxy groups -OCH3 is 2. The molecule has 3 aromatic rings. The number of para-hydroxylation sites is 1. The van der Waals surface area contributed by atoms with Crippen molar-refractivity contribution in [2.24, 2.45) is 5.10 Å². The van der Waals surface area contributed by atoms with E-state index in [1.807, 2.05) is 30.3 Å². The summed E-state index contributed by atoms with van der Waals surface area (Å²) in [6, 6.07) is 25.1. The molecule has 1 aliphatic heterocycles. The molecule has 0 saturated heterocycles. The summed E-state index contributed by atoms with van der Waals surface area (Å²) in [5.41, 5.74) is 5.72. The zero-order valence-corrected chi connectivity index (χ0v) is 16.4. The Labute approximate surface area is 166 Å². The predicted octanol–water partition coefficient (Wildman–Crippen LogP) is 5.37. The average molecular weight is 372 g/mol. The maximum absolute atomic E-state index is 5.52. The van der Waals surface area contributed by atoms with E-state index in [2.05, 4.69) is 54.4 Å². The van der Waals surface area contributed by atoms with Crippen molar-refractivity contribution in [1.82, 2.24) is 0 Å². The van der Waals surface area contributed by atoms with E-state index in [0.29, 0.717) is 0 Å². The fourth-order valence-corrected chi connectivity index (χ4v) is 3.57. The number of rotatable bonds is 5. The van der Waals surface area contributed by atoms with Crippen molar-refractivity contribution in [1.29, 1.82) is 0 Å². The van der Waals surface area contributed by atoms with Crippen LogP contribution in [0.3, 0.4) is 0 Å². The quantitative estimate of drug-likeness (QED) is 0.604. The van der Waals surface area contributed by atoms with Crippen LogP contribution in [0.25, 0.3) is 0 Å². The van der Waals surface area contributed by atoms with E-state index in [-0.39, 0.29) is 6.04 Å². The summed E-state index contributed by atoms with van der Waals surface area (Å²) in [6.07, 6.45) is 0.827. The minimum atomic E-state index is 0.0958. The fraction of sp³-hybridized carbons (Fsp3) is 0.208. The summed E-state index contributed by atoms with van der Waals surface area (Å²) in [5, 5.41) is 7.10. The van der Waals surface area contributed by atoms with Crippen LogP contribution < -0.4 is 14.5 Å². The van der Waals surface area contributed by atoms with Gasteiger partial charge in [0.15, 0.2) is 11.5 Å². The van der Waals surface area contributed by atoms with Gasteiger partial charge in [0.1, 0.15) is 0 Å². The molecule has 4 rings (SSSR count). The van der Waals surface area contributed by atoms with Gasteiger partial charge in [0.2, 0.25) is 0 Å². The molecule has 0 aliphatic carbocycles. The number of aryl methyl sites for hydroxylation is 1. The minimum Gasteiger partial charge on any atom is -0.493 e. The summed E-state index contributed by atoms with van der Waals surface area (Å²) < 4.78 is 10.9. The molecule has 4 nitrogen and oxygen atoms in total. The molecule has 1 atom stereocenters. The lowest BCUT2D eigenvalue weighted by Crippen LogP contribution is -2.18. The zero-order valence-electron chi connectivity index (χ0n) is 16.4. The van der Waals surface area contributed by atoms with E-state index in [4.69, 9.17) is 14.6 Å². The van der Waals surface area contributed by atoms with Crippen LogP contribution >= 0.6 is 0 Å². The van der Waals surface area contributed by atoms with Gasteiger partial charge < -0.3 is 9.47 Å². The van der Waals surface area contributed by atoms with E-state index >= 15 is 0 Å². The zero-order chi connectivity index (χ0) is 19.5. The van der Waals surface area contributed by atoms with Gasteiger partial charge in [-0.15, -0.1) is 0 Å². The molecule has 0 fully saturated rings. The molecule has 0 radical (unpaired) electrons. The summed E-state index contributed by atoms with van der Waals surface area (Å²) in [7, 11) is 3.32. The van der Waals surface area contributed by atoms with Crippen LogP contribution in [0.5, 0.6) is 11.5 Å². The topological polar surface area (TPSA) is 34.1 Å². The van der Waals surface area contributed by atoms with Crippen LogP contribution in [0.15, 0.2) is 77.9 Å². The number of anilines is 1. The van der Waals surface area contributed by atoms with Crippen LogP contribution in [0.1, 0.15) is 29.2 Å². The van der Waals surface area contributed by atoms with Crippen LogP contribution in [0.2, 0.25) is 0 Å². The molecule has 0 spiro atoms. The van der Waals surface area contributed by atoms with Gasteiger partial charge in [-0.3, -0.25) is 5.01 Å². The molecule has 0 saturated carbocycles. The highest BCUT2D eigenvalue weighted by molar-refractivity contribution is 6.03. The Bertz CT molecular complexity index is 981. The lowest BCUT2D eigenvalue weighted by Gasteiger charge is -2.24. The first kappa shape index (κ1) is 18.1. The van der Waals surface area contributed by atoms with E-state index in [1.165, 1.54) is 5.56 Å². The predicted molar refractivity (Wildman–Crippen MR) is 114 cm³/mol. The highest BCUT2D eigenvalue weighted by Crippen LogP contribution is 2.39. The number of nitrogens with zero attached hydrogens (tertiary/aromatic N) is 2. The molecule has 1 heterocycles. The van der Waals surface area contributed by atoms with Crippen molar-refractivity contribution >= 4 is 11.4 Å². The highest BCUT2D eigenvalue weighted by atomic mass is 16.5. The molecule has 0 unspecified atom stereocenters. The van der Waals surface area contributed by atoms with Gasteiger partial charge in [-0.25, -0.2) is 0 Å². The largest absolute Gasteiger partial charge is 0.493 e. The fourth-order valence-electron chi connectivity index (χ4n) is 3.57. The summed E-state index contributed by atoms with van der Waals surface area (Å²) in [6.45, 7) is 2.10. The minimum absolute atomic E-state index is 0.0958. The molecule has 28 heavy (non-hydrogen) atoms. The Kier molecular flexibility index (Phi) is 5.02. The first-order chi connectivity index (χ1) is 13.7. The second kappa shape index (κ2) is 7.77. The van der Waals surface area contributed by atoms with E-state index in [1.54, 1.807) is 14.2 Å². The third-order valence-electron chi connectivity index (χ3n) is 5.11. The van der Waals surface area contributed by atoms with Crippen LogP contribution in [0, 0.1) is 6.92 Å². The lowest BCUT2D eigenvalue weighted by molar-refractivity contribution is 0.354. The normalized spacial score (nSPS) is 16.0. The maximum atomic E-state index is 5.52. The summed E-state index contributed by atoms with van der Waals surface area (Å²) in [4.78, 5) is 0. The second-order valence-corrected chi connectivity index (χ2v) is 6.93. The Morgan fingerprint density at radius 1 is 0.857 bits per heavy atom. The molecule has 0 bridgehead atoms. The number of hydrazone groups is 1.